The Hall–Kier alpha value is -1.20. The molecule has 3 rings (SSSR count). The monoisotopic (exact) mass is 277 g/mol. The van der Waals surface area contributed by atoms with Crippen molar-refractivity contribution in [2.24, 2.45) is 0 Å². The second-order valence-electron chi connectivity index (χ2n) is 5.56. The fraction of sp³-hybridized carbons (Fsp3) is 0.571. The molecular formula is C14H19N3OS. The predicted octanol–water partition coefficient (Wildman–Crippen LogP) is 2.90. The zero-order valence-corrected chi connectivity index (χ0v) is 11.9. The van der Waals surface area contributed by atoms with E-state index in [2.05, 4.69) is 10.3 Å². The van der Waals surface area contributed by atoms with Crippen LogP contribution < -0.4 is 0 Å². The molecule has 0 saturated heterocycles. The van der Waals surface area contributed by atoms with Gasteiger partial charge in [0.25, 0.3) is 0 Å². The summed E-state index contributed by atoms with van der Waals surface area (Å²) in [5.41, 5.74) is 0.00958. The molecule has 2 aromatic rings. The predicted molar refractivity (Wildman–Crippen MR) is 75.1 cm³/mol. The van der Waals surface area contributed by atoms with E-state index < -0.39 is 5.60 Å². The summed E-state index contributed by atoms with van der Waals surface area (Å²) in [6.07, 6.45) is 7.48. The molecule has 1 N–H and O–H groups in total. The summed E-state index contributed by atoms with van der Waals surface area (Å²) in [4.78, 5) is 0.975. The largest absolute Gasteiger partial charge is 0.384 e. The van der Waals surface area contributed by atoms with Crippen molar-refractivity contribution in [1.82, 2.24) is 15.0 Å². The second kappa shape index (κ2) is 5.06. The highest BCUT2D eigenvalue weighted by Crippen LogP contribution is 2.31. The van der Waals surface area contributed by atoms with Crippen molar-refractivity contribution >= 4 is 11.3 Å². The van der Waals surface area contributed by atoms with E-state index in [-0.39, 0.29) is 0 Å². The van der Waals surface area contributed by atoms with Gasteiger partial charge in [-0.05, 0) is 31.2 Å². The highest BCUT2D eigenvalue weighted by Gasteiger charge is 2.27. The Labute approximate surface area is 117 Å². The third-order valence-corrected chi connectivity index (χ3v) is 4.96. The molecule has 0 aliphatic heterocycles. The van der Waals surface area contributed by atoms with E-state index in [9.17, 15) is 5.11 Å². The first-order valence-electron chi connectivity index (χ1n) is 6.82. The molecule has 1 atom stereocenters. The maximum absolute atomic E-state index is 10.5. The van der Waals surface area contributed by atoms with Gasteiger partial charge in [-0.3, -0.25) is 0 Å². The molecule has 2 aromatic heterocycles. The number of aliphatic hydroxyl groups is 1. The summed E-state index contributed by atoms with van der Waals surface area (Å²) < 4.78 is 1.98. The number of thiophene rings is 1. The van der Waals surface area contributed by atoms with Gasteiger partial charge < -0.3 is 5.11 Å². The first kappa shape index (κ1) is 12.8. The molecule has 2 heterocycles. The van der Waals surface area contributed by atoms with Crippen LogP contribution in [-0.2, 0) is 12.0 Å². The molecule has 5 heteroatoms. The van der Waals surface area contributed by atoms with Crippen molar-refractivity contribution in [2.45, 2.75) is 50.7 Å². The van der Waals surface area contributed by atoms with Crippen LogP contribution in [0.4, 0.5) is 0 Å². The Morgan fingerprint density at radius 2 is 2.26 bits per heavy atom. The molecule has 1 aliphatic rings. The smallest absolute Gasteiger partial charge is 0.102 e. The molecule has 1 unspecified atom stereocenters. The van der Waals surface area contributed by atoms with Gasteiger partial charge in [-0.2, -0.15) is 0 Å². The van der Waals surface area contributed by atoms with Gasteiger partial charge in [0, 0.05) is 17.5 Å². The van der Waals surface area contributed by atoms with Crippen molar-refractivity contribution in [1.29, 1.82) is 0 Å². The molecule has 0 bridgehead atoms. The van der Waals surface area contributed by atoms with Gasteiger partial charge in [-0.1, -0.05) is 24.1 Å². The average molecular weight is 277 g/mol. The van der Waals surface area contributed by atoms with Gasteiger partial charge in [-0.25, -0.2) is 4.68 Å². The van der Waals surface area contributed by atoms with E-state index in [1.165, 1.54) is 25.7 Å². The van der Waals surface area contributed by atoms with Gasteiger partial charge in [0.2, 0.25) is 0 Å². The third kappa shape index (κ3) is 2.72. The summed E-state index contributed by atoms with van der Waals surface area (Å²) in [7, 11) is 0. The van der Waals surface area contributed by atoms with Gasteiger partial charge >= 0.3 is 0 Å². The van der Waals surface area contributed by atoms with Gasteiger partial charge in [0.1, 0.15) is 5.60 Å². The van der Waals surface area contributed by atoms with Crippen LogP contribution in [0.15, 0.2) is 23.7 Å². The molecule has 1 aliphatic carbocycles. The molecular weight excluding hydrogens is 258 g/mol. The van der Waals surface area contributed by atoms with Crippen LogP contribution in [0.3, 0.4) is 0 Å². The van der Waals surface area contributed by atoms with Gasteiger partial charge in [0.15, 0.2) is 0 Å². The van der Waals surface area contributed by atoms with Crippen LogP contribution >= 0.6 is 11.3 Å². The summed E-state index contributed by atoms with van der Waals surface area (Å²) in [5, 5.41) is 21.0. The second-order valence-corrected chi connectivity index (χ2v) is 6.50. The summed E-state index contributed by atoms with van der Waals surface area (Å²) in [6, 6.07) is 4.43. The number of aromatic nitrogens is 3. The number of rotatable bonds is 4. The Bertz CT molecular complexity index is 527. The van der Waals surface area contributed by atoms with E-state index in [0.717, 1.165) is 10.6 Å². The number of nitrogens with zero attached hydrogens (tertiary/aromatic N) is 3. The van der Waals surface area contributed by atoms with E-state index >= 15 is 0 Å². The first-order valence-corrected chi connectivity index (χ1v) is 7.70. The van der Waals surface area contributed by atoms with Gasteiger partial charge in [0.05, 0.1) is 11.7 Å². The third-order valence-electron chi connectivity index (χ3n) is 3.83. The molecule has 4 nitrogen and oxygen atoms in total. The Kier molecular flexibility index (Phi) is 3.41. The van der Waals surface area contributed by atoms with Crippen molar-refractivity contribution in [3.8, 4) is 0 Å². The van der Waals surface area contributed by atoms with E-state index in [0.29, 0.717) is 12.5 Å². The Morgan fingerprint density at radius 3 is 2.95 bits per heavy atom. The first-order chi connectivity index (χ1) is 9.15. The lowest BCUT2D eigenvalue weighted by Crippen LogP contribution is -2.23. The molecule has 0 amide bonds. The highest BCUT2D eigenvalue weighted by molar-refractivity contribution is 7.10. The summed E-state index contributed by atoms with van der Waals surface area (Å²) in [5.74, 6) is 0. The van der Waals surface area contributed by atoms with Crippen LogP contribution in [0.1, 0.15) is 49.2 Å². The molecule has 0 aromatic carbocycles. The van der Waals surface area contributed by atoms with Crippen molar-refractivity contribution in [2.75, 3.05) is 0 Å². The van der Waals surface area contributed by atoms with Gasteiger partial charge in [-0.15, -0.1) is 16.4 Å². The zero-order valence-electron chi connectivity index (χ0n) is 11.1. The maximum Gasteiger partial charge on any atom is 0.102 e. The Balaban J connectivity index is 1.73. The van der Waals surface area contributed by atoms with Crippen LogP contribution in [-0.4, -0.2) is 20.1 Å². The molecule has 0 radical (unpaired) electrons. The number of hydrogen-bond acceptors (Lipinski definition) is 4. The van der Waals surface area contributed by atoms with Crippen molar-refractivity contribution in [3.05, 3.63) is 34.3 Å². The number of hydrogen-bond donors (Lipinski definition) is 1. The van der Waals surface area contributed by atoms with Crippen LogP contribution in [0.25, 0.3) is 0 Å². The van der Waals surface area contributed by atoms with Crippen LogP contribution in [0.2, 0.25) is 0 Å². The fourth-order valence-electron chi connectivity index (χ4n) is 2.77. The fourth-order valence-corrected chi connectivity index (χ4v) is 3.55. The van der Waals surface area contributed by atoms with Crippen molar-refractivity contribution < 1.29 is 5.11 Å². The zero-order chi connectivity index (χ0) is 13.3. The molecule has 1 saturated carbocycles. The minimum absolute atomic E-state index is 0.507. The quantitative estimate of drug-likeness (QED) is 0.935. The van der Waals surface area contributed by atoms with Crippen LogP contribution in [0.5, 0.6) is 0 Å². The van der Waals surface area contributed by atoms with E-state index in [1.54, 1.807) is 11.3 Å². The van der Waals surface area contributed by atoms with Crippen molar-refractivity contribution in [3.63, 3.8) is 0 Å². The lowest BCUT2D eigenvalue weighted by Gasteiger charge is -2.20. The standard InChI is InChI=1S/C14H19N3OS/c1-14(18,13-7-4-8-19-13)9-11-10-17(16-15-11)12-5-2-3-6-12/h4,7-8,10,12,18H,2-3,5-6,9H2,1H3. The molecule has 0 spiro atoms. The topological polar surface area (TPSA) is 50.9 Å². The van der Waals surface area contributed by atoms with E-state index in [4.69, 9.17) is 0 Å². The average Bonchev–Trinajstić information content (AvgIpc) is 3.11. The molecule has 102 valence electrons. The van der Waals surface area contributed by atoms with E-state index in [1.807, 2.05) is 35.3 Å². The van der Waals surface area contributed by atoms with Crippen LogP contribution in [0, 0.1) is 0 Å². The highest BCUT2D eigenvalue weighted by atomic mass is 32.1. The normalized spacial score (nSPS) is 19.7. The lowest BCUT2D eigenvalue weighted by molar-refractivity contribution is 0.0604. The summed E-state index contributed by atoms with van der Waals surface area (Å²) >= 11 is 1.58. The summed E-state index contributed by atoms with van der Waals surface area (Å²) in [6.45, 7) is 1.84. The minimum Gasteiger partial charge on any atom is -0.384 e. The Morgan fingerprint density at radius 1 is 1.47 bits per heavy atom. The lowest BCUT2D eigenvalue weighted by atomic mass is 9.99. The minimum atomic E-state index is -0.856. The molecule has 19 heavy (non-hydrogen) atoms. The SMILES string of the molecule is CC(O)(Cc1cn(C2CCCC2)nn1)c1cccs1. The molecule has 1 fully saturated rings. The maximum atomic E-state index is 10.5.